The van der Waals surface area contributed by atoms with Gasteiger partial charge in [0, 0.05) is 47.3 Å². The predicted octanol–water partition coefficient (Wildman–Crippen LogP) is 3.74. The summed E-state index contributed by atoms with van der Waals surface area (Å²) in [6.07, 6.45) is 3.88. The molecule has 1 aromatic rings. The Kier molecular flexibility index (Phi) is 5.38. The molecule has 0 aromatic heterocycles. The van der Waals surface area contributed by atoms with Crippen molar-refractivity contribution in [2.24, 2.45) is 0 Å². The SMILES string of the molecule is Cl.Clc1cccc(Cl)c1CN1CCC2CCC(C1)N2. The Morgan fingerprint density at radius 2 is 1.79 bits per heavy atom. The van der Waals surface area contributed by atoms with E-state index in [9.17, 15) is 0 Å². The highest BCUT2D eigenvalue weighted by atomic mass is 35.5. The number of benzene rings is 1. The number of hydrogen-bond acceptors (Lipinski definition) is 2. The molecular weight excluding hydrogens is 303 g/mol. The number of likely N-dealkylation sites (tertiary alicyclic amines) is 1. The first kappa shape index (κ1) is 15.4. The van der Waals surface area contributed by atoms with Crippen molar-refractivity contribution in [3.8, 4) is 0 Å². The molecule has 2 nitrogen and oxygen atoms in total. The average molecular weight is 322 g/mol. The van der Waals surface area contributed by atoms with Crippen LogP contribution in [0, 0.1) is 0 Å². The van der Waals surface area contributed by atoms with E-state index in [0.717, 1.165) is 41.3 Å². The van der Waals surface area contributed by atoms with Crippen LogP contribution in [-0.4, -0.2) is 30.1 Å². The van der Waals surface area contributed by atoms with E-state index < -0.39 is 0 Å². The molecule has 1 N–H and O–H groups in total. The molecule has 0 amide bonds. The van der Waals surface area contributed by atoms with E-state index in [-0.39, 0.29) is 12.4 Å². The van der Waals surface area contributed by atoms with Gasteiger partial charge in [0.1, 0.15) is 0 Å². The quantitative estimate of drug-likeness (QED) is 0.892. The van der Waals surface area contributed by atoms with Gasteiger partial charge in [-0.2, -0.15) is 0 Å². The van der Waals surface area contributed by atoms with Gasteiger partial charge in [-0.05, 0) is 31.4 Å². The molecule has 106 valence electrons. The number of hydrogen-bond donors (Lipinski definition) is 1. The monoisotopic (exact) mass is 320 g/mol. The second-order valence-electron chi connectivity index (χ2n) is 5.36. The Balaban J connectivity index is 0.00000133. The summed E-state index contributed by atoms with van der Waals surface area (Å²) in [6, 6.07) is 7.12. The highest BCUT2D eigenvalue weighted by molar-refractivity contribution is 6.35. The molecule has 3 rings (SSSR count). The van der Waals surface area contributed by atoms with Crippen LogP contribution in [-0.2, 0) is 6.54 Å². The normalized spacial score (nSPS) is 26.8. The van der Waals surface area contributed by atoms with Gasteiger partial charge in [0.2, 0.25) is 0 Å². The first-order valence-electron chi connectivity index (χ1n) is 6.63. The predicted molar refractivity (Wildman–Crippen MR) is 83.5 cm³/mol. The molecule has 0 spiro atoms. The summed E-state index contributed by atoms with van der Waals surface area (Å²) in [5.74, 6) is 0. The Bertz CT molecular complexity index is 418. The molecule has 2 heterocycles. The molecule has 2 aliphatic heterocycles. The molecular formula is C14H19Cl3N2. The van der Waals surface area contributed by atoms with Crippen LogP contribution in [0.3, 0.4) is 0 Å². The first-order valence-corrected chi connectivity index (χ1v) is 7.39. The van der Waals surface area contributed by atoms with E-state index in [1.807, 2.05) is 18.2 Å². The van der Waals surface area contributed by atoms with Crippen LogP contribution in [0.1, 0.15) is 24.8 Å². The number of nitrogens with one attached hydrogen (secondary N) is 1. The number of rotatable bonds is 2. The van der Waals surface area contributed by atoms with Gasteiger partial charge in [-0.15, -0.1) is 12.4 Å². The molecule has 1 aromatic carbocycles. The lowest BCUT2D eigenvalue weighted by atomic mass is 10.1. The molecule has 19 heavy (non-hydrogen) atoms. The van der Waals surface area contributed by atoms with E-state index in [1.54, 1.807) is 0 Å². The largest absolute Gasteiger partial charge is 0.310 e. The van der Waals surface area contributed by atoms with Crippen molar-refractivity contribution in [2.75, 3.05) is 13.1 Å². The highest BCUT2D eigenvalue weighted by Crippen LogP contribution is 2.27. The first-order chi connectivity index (χ1) is 8.72. The molecule has 2 bridgehead atoms. The summed E-state index contributed by atoms with van der Waals surface area (Å²) in [4.78, 5) is 2.48. The summed E-state index contributed by atoms with van der Waals surface area (Å²) < 4.78 is 0. The van der Waals surface area contributed by atoms with Gasteiger partial charge in [-0.25, -0.2) is 0 Å². The van der Waals surface area contributed by atoms with Crippen molar-refractivity contribution < 1.29 is 0 Å². The van der Waals surface area contributed by atoms with Gasteiger partial charge >= 0.3 is 0 Å². The van der Waals surface area contributed by atoms with Gasteiger partial charge in [0.15, 0.2) is 0 Å². The van der Waals surface area contributed by atoms with Crippen LogP contribution in [0.5, 0.6) is 0 Å². The smallest absolute Gasteiger partial charge is 0.0465 e. The third kappa shape index (κ3) is 3.56. The summed E-state index contributed by atoms with van der Waals surface area (Å²) >= 11 is 12.5. The fourth-order valence-electron chi connectivity index (χ4n) is 3.07. The minimum atomic E-state index is 0. The van der Waals surface area contributed by atoms with Crippen molar-refractivity contribution in [3.05, 3.63) is 33.8 Å². The lowest BCUT2D eigenvalue weighted by Crippen LogP contribution is -2.35. The third-order valence-electron chi connectivity index (χ3n) is 4.05. The summed E-state index contributed by atoms with van der Waals surface area (Å²) in [6.45, 7) is 3.11. The van der Waals surface area contributed by atoms with Crippen LogP contribution >= 0.6 is 35.6 Å². The molecule has 2 aliphatic rings. The molecule has 2 saturated heterocycles. The Morgan fingerprint density at radius 3 is 2.53 bits per heavy atom. The maximum absolute atomic E-state index is 6.24. The molecule has 0 saturated carbocycles. The minimum absolute atomic E-state index is 0. The second-order valence-corrected chi connectivity index (χ2v) is 6.18. The van der Waals surface area contributed by atoms with Gasteiger partial charge in [-0.1, -0.05) is 29.3 Å². The maximum atomic E-state index is 6.24. The van der Waals surface area contributed by atoms with E-state index in [2.05, 4.69) is 10.2 Å². The molecule has 2 unspecified atom stereocenters. The van der Waals surface area contributed by atoms with Crippen molar-refractivity contribution in [2.45, 2.75) is 37.9 Å². The van der Waals surface area contributed by atoms with E-state index in [0.29, 0.717) is 6.04 Å². The van der Waals surface area contributed by atoms with Gasteiger partial charge in [0.05, 0.1) is 0 Å². The van der Waals surface area contributed by atoms with E-state index in [1.165, 1.54) is 19.3 Å². The van der Waals surface area contributed by atoms with E-state index >= 15 is 0 Å². The average Bonchev–Trinajstić information content (AvgIpc) is 2.67. The molecule has 5 heteroatoms. The summed E-state index contributed by atoms with van der Waals surface area (Å²) in [5, 5.41) is 5.25. The van der Waals surface area contributed by atoms with Gasteiger partial charge in [-0.3, -0.25) is 4.90 Å². The van der Waals surface area contributed by atoms with Crippen LogP contribution in [0.2, 0.25) is 10.0 Å². The summed E-state index contributed by atoms with van der Waals surface area (Å²) in [5.41, 5.74) is 1.07. The fourth-order valence-corrected chi connectivity index (χ4v) is 3.58. The van der Waals surface area contributed by atoms with Crippen LogP contribution in [0.15, 0.2) is 18.2 Å². The zero-order valence-electron chi connectivity index (χ0n) is 10.7. The maximum Gasteiger partial charge on any atom is 0.0465 e. The Hall–Kier alpha value is 0.01000. The molecule has 2 fully saturated rings. The van der Waals surface area contributed by atoms with Gasteiger partial charge in [0.25, 0.3) is 0 Å². The fraction of sp³-hybridized carbons (Fsp3) is 0.571. The number of halogens is 3. The number of fused-ring (bicyclic) bond motifs is 2. The van der Waals surface area contributed by atoms with Crippen LogP contribution < -0.4 is 5.32 Å². The van der Waals surface area contributed by atoms with Crippen molar-refractivity contribution in [1.82, 2.24) is 10.2 Å². The Labute approximate surface area is 130 Å². The van der Waals surface area contributed by atoms with Crippen LogP contribution in [0.25, 0.3) is 0 Å². The molecule has 2 atom stereocenters. The van der Waals surface area contributed by atoms with Crippen LogP contribution in [0.4, 0.5) is 0 Å². The topological polar surface area (TPSA) is 15.3 Å². The second kappa shape index (κ2) is 6.64. The number of nitrogens with zero attached hydrogens (tertiary/aromatic N) is 1. The minimum Gasteiger partial charge on any atom is -0.310 e. The Morgan fingerprint density at radius 1 is 1.11 bits per heavy atom. The molecule has 0 radical (unpaired) electrons. The van der Waals surface area contributed by atoms with E-state index in [4.69, 9.17) is 23.2 Å². The lowest BCUT2D eigenvalue weighted by molar-refractivity contribution is 0.251. The molecule has 0 aliphatic carbocycles. The lowest BCUT2D eigenvalue weighted by Gasteiger charge is -2.24. The zero-order chi connectivity index (χ0) is 12.5. The summed E-state index contributed by atoms with van der Waals surface area (Å²) in [7, 11) is 0. The van der Waals surface area contributed by atoms with Crippen molar-refractivity contribution >= 4 is 35.6 Å². The van der Waals surface area contributed by atoms with Crippen molar-refractivity contribution in [1.29, 1.82) is 0 Å². The standard InChI is InChI=1S/C14H18Cl2N2.ClH/c15-13-2-1-3-14(16)12(13)9-18-7-6-10-4-5-11(8-18)17-10;/h1-3,10-11,17H,4-9H2;1H. The third-order valence-corrected chi connectivity index (χ3v) is 4.76. The highest BCUT2D eigenvalue weighted by Gasteiger charge is 2.29. The van der Waals surface area contributed by atoms with Crippen molar-refractivity contribution in [3.63, 3.8) is 0 Å². The van der Waals surface area contributed by atoms with Gasteiger partial charge < -0.3 is 5.32 Å². The zero-order valence-corrected chi connectivity index (χ0v) is 13.1.